The largest absolute Gasteiger partial charge is 0.338 e. The third-order valence-electron chi connectivity index (χ3n) is 8.14. The van der Waals surface area contributed by atoms with Gasteiger partial charge in [0, 0.05) is 51.9 Å². The first-order valence-corrected chi connectivity index (χ1v) is 14.1. The van der Waals surface area contributed by atoms with E-state index in [0.717, 1.165) is 60.4 Å². The molecule has 3 heterocycles. The van der Waals surface area contributed by atoms with Crippen molar-refractivity contribution in [1.82, 2.24) is 24.9 Å². The zero-order valence-corrected chi connectivity index (χ0v) is 23.0. The highest BCUT2D eigenvalue weighted by atomic mass is 35.5. The van der Waals surface area contributed by atoms with Crippen molar-refractivity contribution in [2.45, 2.75) is 32.4 Å². The van der Waals surface area contributed by atoms with Gasteiger partial charge in [0.05, 0.1) is 34.7 Å². The number of halogens is 1. The van der Waals surface area contributed by atoms with E-state index in [2.05, 4.69) is 20.6 Å². The number of hydrogen-bond acceptors (Lipinski definition) is 5. The molecule has 2 fully saturated rings. The Morgan fingerprint density at radius 2 is 1.90 bits per heavy atom. The standard InChI is InChI=1S/C29H34ClN7O2/c1-34-27-22(17-32-34)19-37(26-8-3-2-7-25(26)33-27)28(38)23-10-9-21(15-24(23)30)16-31-29(39)36-13-11-35(12-14-36)18-20-5-4-6-20/h2-3,7-10,15,17,20,33H,4-6,11-14,16,18-19H2,1H3,(H,31,39). The van der Waals surface area contributed by atoms with Gasteiger partial charge in [0.2, 0.25) is 0 Å². The van der Waals surface area contributed by atoms with Gasteiger partial charge in [0.25, 0.3) is 5.91 Å². The second kappa shape index (κ2) is 10.9. The number of carbonyl (C=O) groups is 2. The first kappa shape index (κ1) is 25.7. The molecule has 1 saturated carbocycles. The van der Waals surface area contributed by atoms with Crippen molar-refractivity contribution < 1.29 is 9.59 Å². The molecular weight excluding hydrogens is 514 g/mol. The minimum atomic E-state index is -0.193. The van der Waals surface area contributed by atoms with Crippen molar-refractivity contribution in [2.24, 2.45) is 13.0 Å². The highest BCUT2D eigenvalue weighted by Gasteiger charge is 2.28. The van der Waals surface area contributed by atoms with Gasteiger partial charge in [-0.25, -0.2) is 4.79 Å². The van der Waals surface area contributed by atoms with E-state index >= 15 is 0 Å². The molecule has 3 aromatic rings. The Morgan fingerprint density at radius 3 is 2.64 bits per heavy atom. The summed E-state index contributed by atoms with van der Waals surface area (Å²) in [4.78, 5) is 32.6. The van der Waals surface area contributed by atoms with E-state index in [0.29, 0.717) is 23.7 Å². The van der Waals surface area contributed by atoms with Crippen LogP contribution in [0.25, 0.3) is 0 Å². The highest BCUT2D eigenvalue weighted by molar-refractivity contribution is 6.34. The lowest BCUT2D eigenvalue weighted by Crippen LogP contribution is -2.52. The maximum atomic E-state index is 13.8. The third-order valence-corrected chi connectivity index (χ3v) is 8.46. The second-order valence-corrected chi connectivity index (χ2v) is 11.1. The second-order valence-electron chi connectivity index (χ2n) is 10.7. The quantitative estimate of drug-likeness (QED) is 0.487. The average Bonchev–Trinajstić information content (AvgIpc) is 3.17. The van der Waals surface area contributed by atoms with Crippen molar-refractivity contribution in [3.8, 4) is 0 Å². The predicted molar refractivity (Wildman–Crippen MR) is 152 cm³/mol. The molecule has 0 bridgehead atoms. The summed E-state index contributed by atoms with van der Waals surface area (Å²) in [5.41, 5.74) is 3.78. The van der Waals surface area contributed by atoms with Gasteiger partial charge in [-0.2, -0.15) is 5.10 Å². The topological polar surface area (TPSA) is 85.7 Å². The van der Waals surface area contributed by atoms with Crippen molar-refractivity contribution >= 4 is 40.7 Å². The number of hydrogen-bond donors (Lipinski definition) is 2. The number of anilines is 3. The molecule has 1 saturated heterocycles. The lowest BCUT2D eigenvalue weighted by Gasteiger charge is -2.38. The maximum absolute atomic E-state index is 13.8. The Balaban J connectivity index is 1.10. The van der Waals surface area contributed by atoms with E-state index in [9.17, 15) is 9.59 Å². The zero-order valence-electron chi connectivity index (χ0n) is 22.2. The molecule has 3 amide bonds. The molecule has 6 rings (SSSR count). The van der Waals surface area contributed by atoms with Gasteiger partial charge >= 0.3 is 6.03 Å². The molecule has 1 aliphatic carbocycles. The van der Waals surface area contributed by atoms with Gasteiger partial charge in [0.1, 0.15) is 5.82 Å². The first-order chi connectivity index (χ1) is 19.0. The fourth-order valence-electron chi connectivity index (χ4n) is 5.59. The van der Waals surface area contributed by atoms with Crippen LogP contribution >= 0.6 is 11.6 Å². The number of nitrogens with one attached hydrogen (secondary N) is 2. The summed E-state index contributed by atoms with van der Waals surface area (Å²) in [6.07, 6.45) is 5.83. The van der Waals surface area contributed by atoms with E-state index in [1.807, 2.05) is 42.3 Å². The summed E-state index contributed by atoms with van der Waals surface area (Å²) >= 11 is 6.65. The molecule has 1 aromatic heterocycles. The van der Waals surface area contributed by atoms with Gasteiger partial charge < -0.3 is 20.4 Å². The van der Waals surface area contributed by atoms with Crippen LogP contribution in [0, 0.1) is 5.92 Å². The van der Waals surface area contributed by atoms with Crippen molar-refractivity contribution in [2.75, 3.05) is 42.9 Å². The Morgan fingerprint density at radius 1 is 1.10 bits per heavy atom. The molecule has 0 radical (unpaired) electrons. The number of fused-ring (bicyclic) bond motifs is 2. The number of urea groups is 1. The SMILES string of the molecule is Cn1ncc2c1Nc1ccccc1N(C(=O)c1ccc(CNC(=O)N3CCN(CC4CCC4)CC3)cc1Cl)C2. The summed E-state index contributed by atoms with van der Waals surface area (Å²) in [5.74, 6) is 1.51. The van der Waals surface area contributed by atoms with E-state index in [4.69, 9.17) is 11.6 Å². The minimum absolute atomic E-state index is 0.0597. The molecule has 3 aliphatic rings. The summed E-state index contributed by atoms with van der Waals surface area (Å²) in [6.45, 7) is 5.25. The molecule has 9 nitrogen and oxygen atoms in total. The molecule has 10 heteroatoms. The van der Waals surface area contributed by atoms with E-state index in [1.165, 1.54) is 25.8 Å². The Kier molecular flexibility index (Phi) is 7.18. The summed E-state index contributed by atoms with van der Waals surface area (Å²) in [5, 5.41) is 11.1. The van der Waals surface area contributed by atoms with Gasteiger partial charge in [0.15, 0.2) is 0 Å². The van der Waals surface area contributed by atoms with Gasteiger partial charge in [-0.15, -0.1) is 0 Å². The van der Waals surface area contributed by atoms with E-state index in [-0.39, 0.29) is 11.9 Å². The molecular formula is C29H34ClN7O2. The molecule has 0 unspecified atom stereocenters. The number of benzene rings is 2. The number of carbonyl (C=O) groups excluding carboxylic acids is 2. The number of piperazine rings is 1. The lowest BCUT2D eigenvalue weighted by molar-refractivity contribution is 0.0985. The van der Waals surface area contributed by atoms with Crippen LogP contribution < -0.4 is 15.5 Å². The van der Waals surface area contributed by atoms with Crippen LogP contribution in [0.3, 0.4) is 0 Å². The van der Waals surface area contributed by atoms with Crippen LogP contribution in [0.4, 0.5) is 22.0 Å². The normalized spacial score (nSPS) is 17.5. The molecule has 39 heavy (non-hydrogen) atoms. The fourth-order valence-corrected chi connectivity index (χ4v) is 5.87. The number of rotatable bonds is 5. The van der Waals surface area contributed by atoms with E-state index < -0.39 is 0 Å². The van der Waals surface area contributed by atoms with Crippen LogP contribution in [0.2, 0.25) is 5.02 Å². The molecule has 2 N–H and O–H groups in total. The summed E-state index contributed by atoms with van der Waals surface area (Å²) in [7, 11) is 1.87. The number of aromatic nitrogens is 2. The fraction of sp³-hybridized carbons (Fsp3) is 0.414. The van der Waals surface area contributed by atoms with Crippen molar-refractivity contribution in [1.29, 1.82) is 0 Å². The van der Waals surface area contributed by atoms with Gasteiger partial charge in [-0.1, -0.05) is 36.2 Å². The average molecular weight is 548 g/mol. The Labute approximate surface area is 233 Å². The smallest absolute Gasteiger partial charge is 0.317 e. The van der Waals surface area contributed by atoms with Crippen LogP contribution in [-0.2, 0) is 20.1 Å². The number of amides is 3. The summed E-state index contributed by atoms with van der Waals surface area (Å²) < 4.78 is 1.77. The monoisotopic (exact) mass is 547 g/mol. The van der Waals surface area contributed by atoms with Crippen LogP contribution in [0.1, 0.15) is 40.7 Å². The van der Waals surface area contributed by atoms with Crippen LogP contribution in [0.5, 0.6) is 0 Å². The molecule has 0 atom stereocenters. The number of aryl methyl sites for hydroxylation is 1. The molecule has 0 spiro atoms. The number of nitrogens with zero attached hydrogens (tertiary/aromatic N) is 5. The first-order valence-electron chi connectivity index (χ1n) is 13.7. The molecule has 2 aromatic carbocycles. The van der Waals surface area contributed by atoms with Crippen LogP contribution in [0.15, 0.2) is 48.7 Å². The van der Waals surface area contributed by atoms with Crippen molar-refractivity contribution in [3.63, 3.8) is 0 Å². The highest BCUT2D eigenvalue weighted by Crippen LogP contribution is 2.36. The molecule has 204 valence electrons. The van der Waals surface area contributed by atoms with Crippen LogP contribution in [-0.4, -0.2) is 64.2 Å². The lowest BCUT2D eigenvalue weighted by atomic mass is 9.85. The minimum Gasteiger partial charge on any atom is -0.338 e. The van der Waals surface area contributed by atoms with Gasteiger partial charge in [-0.3, -0.25) is 14.4 Å². The maximum Gasteiger partial charge on any atom is 0.317 e. The zero-order chi connectivity index (χ0) is 26.9. The third kappa shape index (κ3) is 5.33. The predicted octanol–water partition coefficient (Wildman–Crippen LogP) is 4.60. The van der Waals surface area contributed by atoms with Gasteiger partial charge in [-0.05, 0) is 48.6 Å². The Bertz CT molecular complexity index is 1380. The number of para-hydroxylation sites is 2. The molecule has 2 aliphatic heterocycles. The van der Waals surface area contributed by atoms with E-state index in [1.54, 1.807) is 27.9 Å². The Hall–Kier alpha value is -3.56. The van der Waals surface area contributed by atoms with Crippen molar-refractivity contribution in [3.05, 3.63) is 70.4 Å². The summed E-state index contributed by atoms with van der Waals surface area (Å²) in [6, 6.07) is 13.0.